The number of halogens is 1. The molecular formula is C29H33FN4O2. The van der Waals surface area contributed by atoms with Gasteiger partial charge in [-0.15, -0.1) is 0 Å². The van der Waals surface area contributed by atoms with Crippen LogP contribution in [0.15, 0.2) is 66.7 Å². The SMILES string of the molecule is CC(C)(Cc1ccccc1C(N)=O)[C@@H](C(N)c1cc(-c2ccc(F)cc2)ccc1N)N1CCCC1=O. The number of carbonyl (C=O) groups is 2. The summed E-state index contributed by atoms with van der Waals surface area (Å²) >= 11 is 0. The van der Waals surface area contributed by atoms with Crippen molar-refractivity contribution in [1.29, 1.82) is 0 Å². The van der Waals surface area contributed by atoms with Crippen molar-refractivity contribution >= 4 is 17.5 Å². The maximum absolute atomic E-state index is 13.5. The molecule has 0 spiro atoms. The van der Waals surface area contributed by atoms with Crippen LogP contribution in [0, 0.1) is 11.2 Å². The zero-order valence-electron chi connectivity index (χ0n) is 20.7. The number of carbonyl (C=O) groups excluding carboxylic acids is 2. The van der Waals surface area contributed by atoms with Crippen LogP contribution in [0.25, 0.3) is 11.1 Å². The van der Waals surface area contributed by atoms with Crippen molar-refractivity contribution in [3.8, 4) is 11.1 Å². The first-order valence-corrected chi connectivity index (χ1v) is 12.2. The molecule has 1 aliphatic heterocycles. The van der Waals surface area contributed by atoms with Crippen molar-refractivity contribution in [2.75, 3.05) is 12.3 Å². The molecule has 1 saturated heterocycles. The van der Waals surface area contributed by atoms with Crippen LogP contribution in [0.2, 0.25) is 0 Å². The molecule has 0 radical (unpaired) electrons. The van der Waals surface area contributed by atoms with Gasteiger partial charge in [-0.05, 0) is 70.8 Å². The van der Waals surface area contributed by atoms with Crippen LogP contribution < -0.4 is 17.2 Å². The summed E-state index contributed by atoms with van der Waals surface area (Å²) in [6.45, 7) is 4.72. The van der Waals surface area contributed by atoms with Gasteiger partial charge in [0.2, 0.25) is 11.8 Å². The van der Waals surface area contributed by atoms with E-state index < -0.39 is 17.4 Å². The Hall–Kier alpha value is -3.71. The predicted octanol–water partition coefficient (Wildman–Crippen LogP) is 4.43. The molecule has 3 aromatic rings. The third kappa shape index (κ3) is 5.11. The molecule has 2 amide bonds. The summed E-state index contributed by atoms with van der Waals surface area (Å²) in [4.78, 5) is 26.9. The number of hydrogen-bond donors (Lipinski definition) is 3. The highest BCUT2D eigenvalue weighted by molar-refractivity contribution is 5.94. The number of anilines is 1. The Morgan fingerprint density at radius 1 is 1.06 bits per heavy atom. The second kappa shape index (κ2) is 10.1. The van der Waals surface area contributed by atoms with Crippen LogP contribution >= 0.6 is 0 Å². The Bertz CT molecular complexity index is 1270. The summed E-state index contributed by atoms with van der Waals surface area (Å²) in [7, 11) is 0. The van der Waals surface area contributed by atoms with Crippen molar-refractivity contribution in [3.63, 3.8) is 0 Å². The molecule has 0 aromatic heterocycles. The monoisotopic (exact) mass is 488 g/mol. The minimum absolute atomic E-state index is 0.0555. The van der Waals surface area contributed by atoms with Gasteiger partial charge in [-0.3, -0.25) is 9.59 Å². The zero-order valence-corrected chi connectivity index (χ0v) is 20.7. The maximum Gasteiger partial charge on any atom is 0.248 e. The molecule has 0 bridgehead atoms. The van der Waals surface area contributed by atoms with Crippen molar-refractivity contribution in [3.05, 3.63) is 89.2 Å². The van der Waals surface area contributed by atoms with Gasteiger partial charge in [0.25, 0.3) is 0 Å². The van der Waals surface area contributed by atoms with E-state index in [-0.39, 0.29) is 17.8 Å². The summed E-state index contributed by atoms with van der Waals surface area (Å²) in [5.74, 6) is -0.743. The summed E-state index contributed by atoms with van der Waals surface area (Å²) in [5, 5.41) is 0. The summed E-state index contributed by atoms with van der Waals surface area (Å²) in [5.41, 5.74) is 22.7. The van der Waals surface area contributed by atoms with E-state index in [4.69, 9.17) is 17.2 Å². The fraction of sp³-hybridized carbons (Fsp3) is 0.310. The highest BCUT2D eigenvalue weighted by Crippen LogP contribution is 2.41. The lowest BCUT2D eigenvalue weighted by molar-refractivity contribution is -0.132. The van der Waals surface area contributed by atoms with Crippen LogP contribution in [-0.4, -0.2) is 29.3 Å². The molecular weight excluding hydrogens is 455 g/mol. The van der Waals surface area contributed by atoms with E-state index in [0.29, 0.717) is 30.6 Å². The van der Waals surface area contributed by atoms with Crippen molar-refractivity contribution in [2.45, 2.75) is 45.2 Å². The highest BCUT2D eigenvalue weighted by atomic mass is 19.1. The lowest BCUT2D eigenvalue weighted by atomic mass is 9.72. The molecule has 6 nitrogen and oxygen atoms in total. The van der Waals surface area contributed by atoms with E-state index in [1.165, 1.54) is 12.1 Å². The van der Waals surface area contributed by atoms with Gasteiger partial charge in [0.1, 0.15) is 5.82 Å². The minimum Gasteiger partial charge on any atom is -0.398 e. The molecule has 2 atom stereocenters. The fourth-order valence-corrected chi connectivity index (χ4v) is 5.43. The molecule has 1 unspecified atom stereocenters. The largest absolute Gasteiger partial charge is 0.398 e. The topological polar surface area (TPSA) is 115 Å². The van der Waals surface area contributed by atoms with E-state index in [1.54, 1.807) is 30.3 Å². The van der Waals surface area contributed by atoms with Crippen LogP contribution in [-0.2, 0) is 11.2 Å². The lowest BCUT2D eigenvalue weighted by Gasteiger charge is -2.44. The maximum atomic E-state index is 13.5. The molecule has 1 fully saturated rings. The summed E-state index contributed by atoms with van der Waals surface area (Å²) in [6.07, 6.45) is 1.73. The van der Waals surface area contributed by atoms with Gasteiger partial charge in [0.05, 0.1) is 12.1 Å². The number of primary amides is 1. The van der Waals surface area contributed by atoms with E-state index >= 15 is 0 Å². The van der Waals surface area contributed by atoms with Crippen molar-refractivity contribution in [2.24, 2.45) is 16.9 Å². The first-order valence-electron chi connectivity index (χ1n) is 12.2. The Kier molecular flexibility index (Phi) is 7.13. The number of likely N-dealkylation sites (tertiary alicyclic amines) is 1. The molecule has 3 aromatic carbocycles. The second-order valence-electron chi connectivity index (χ2n) is 10.2. The van der Waals surface area contributed by atoms with Gasteiger partial charge in [-0.1, -0.05) is 50.2 Å². The molecule has 1 heterocycles. The molecule has 7 heteroatoms. The zero-order chi connectivity index (χ0) is 26.0. The normalized spacial score (nSPS) is 15.7. The van der Waals surface area contributed by atoms with Crippen LogP contribution in [0.4, 0.5) is 10.1 Å². The van der Waals surface area contributed by atoms with Gasteiger partial charge in [0.15, 0.2) is 0 Å². The summed E-state index contributed by atoms with van der Waals surface area (Å²) < 4.78 is 13.5. The van der Waals surface area contributed by atoms with Gasteiger partial charge in [-0.2, -0.15) is 0 Å². The first-order chi connectivity index (χ1) is 17.1. The summed E-state index contributed by atoms with van der Waals surface area (Å²) in [6, 6.07) is 18.1. The van der Waals surface area contributed by atoms with Crippen LogP contribution in [0.1, 0.15) is 54.2 Å². The Balaban J connectivity index is 1.76. The smallest absolute Gasteiger partial charge is 0.248 e. The number of nitrogens with two attached hydrogens (primary N) is 3. The average Bonchev–Trinajstić information content (AvgIpc) is 3.24. The molecule has 36 heavy (non-hydrogen) atoms. The van der Waals surface area contributed by atoms with Gasteiger partial charge in [0, 0.05) is 24.2 Å². The first kappa shape index (κ1) is 25.4. The number of nitrogens with zero attached hydrogens (tertiary/aromatic N) is 1. The Labute approximate surface area is 211 Å². The Morgan fingerprint density at radius 3 is 2.36 bits per heavy atom. The van der Waals surface area contributed by atoms with E-state index in [9.17, 15) is 14.0 Å². The van der Waals surface area contributed by atoms with Crippen molar-refractivity contribution < 1.29 is 14.0 Å². The van der Waals surface area contributed by atoms with E-state index in [0.717, 1.165) is 28.7 Å². The number of benzene rings is 3. The Morgan fingerprint density at radius 2 is 1.72 bits per heavy atom. The molecule has 6 N–H and O–H groups in total. The van der Waals surface area contributed by atoms with E-state index in [2.05, 4.69) is 13.8 Å². The van der Waals surface area contributed by atoms with Gasteiger partial charge in [-0.25, -0.2) is 4.39 Å². The predicted molar refractivity (Wildman–Crippen MR) is 140 cm³/mol. The number of amides is 2. The van der Waals surface area contributed by atoms with Crippen LogP contribution in [0.3, 0.4) is 0 Å². The van der Waals surface area contributed by atoms with Crippen molar-refractivity contribution in [1.82, 2.24) is 4.90 Å². The third-order valence-electron chi connectivity index (χ3n) is 7.14. The van der Waals surface area contributed by atoms with Gasteiger partial charge < -0.3 is 22.1 Å². The number of hydrogen-bond acceptors (Lipinski definition) is 4. The molecule has 4 rings (SSSR count). The quantitative estimate of drug-likeness (QED) is 0.407. The molecule has 188 valence electrons. The second-order valence-corrected chi connectivity index (χ2v) is 10.2. The number of nitrogen functional groups attached to an aromatic ring is 1. The van der Waals surface area contributed by atoms with E-state index in [1.807, 2.05) is 29.2 Å². The molecule has 0 saturated carbocycles. The van der Waals surface area contributed by atoms with Crippen LogP contribution in [0.5, 0.6) is 0 Å². The fourth-order valence-electron chi connectivity index (χ4n) is 5.43. The average molecular weight is 489 g/mol. The molecule has 1 aliphatic rings. The van der Waals surface area contributed by atoms with Gasteiger partial charge >= 0.3 is 0 Å². The molecule has 0 aliphatic carbocycles. The third-order valence-corrected chi connectivity index (χ3v) is 7.14. The number of rotatable bonds is 8. The lowest BCUT2D eigenvalue weighted by Crippen LogP contribution is -2.53. The standard InChI is InChI=1S/C29H33FN4O2/c1-29(2,17-20-6-3-4-7-22(20)28(33)36)27(34-15-5-8-25(34)35)26(32)23-16-19(11-14-24(23)31)18-9-12-21(30)13-10-18/h3-4,6-7,9-14,16,26-27H,5,8,15,17,31-32H2,1-2H3,(H2,33,36)/t26?,27-/m1/s1. The highest BCUT2D eigenvalue weighted by Gasteiger charge is 2.43. The minimum atomic E-state index is -0.594.